The van der Waals surface area contributed by atoms with E-state index in [1.165, 1.54) is 0 Å². The number of thioether (sulfide) groups is 1. The number of carbonyl (C=O) groups excluding carboxylic acids is 2. The van der Waals surface area contributed by atoms with Crippen LogP contribution in [0.1, 0.15) is 25.8 Å². The van der Waals surface area contributed by atoms with Crippen LogP contribution in [0.5, 0.6) is 5.75 Å². The Morgan fingerprint density at radius 1 is 1.27 bits per heavy atom. The number of nitrogens with two attached hydrogens (primary N) is 1. The summed E-state index contributed by atoms with van der Waals surface area (Å²) in [4.78, 5) is 22.7. The first-order valence-corrected chi connectivity index (χ1v) is 8.31. The van der Waals surface area contributed by atoms with Gasteiger partial charge in [0.15, 0.2) is 0 Å². The van der Waals surface area contributed by atoms with E-state index >= 15 is 0 Å². The zero-order valence-corrected chi connectivity index (χ0v) is 13.7. The Labute approximate surface area is 135 Å². The van der Waals surface area contributed by atoms with E-state index in [9.17, 15) is 9.59 Å². The molecule has 1 aromatic rings. The molecule has 1 fully saturated rings. The highest BCUT2D eigenvalue weighted by Gasteiger charge is 2.31. The predicted octanol–water partition coefficient (Wildman–Crippen LogP) is 2.33. The molecule has 1 aliphatic rings. The molecule has 2 rings (SSSR count). The fraction of sp³-hybridized carbons (Fsp3) is 0.500. The third-order valence-electron chi connectivity index (χ3n) is 3.35. The summed E-state index contributed by atoms with van der Waals surface area (Å²) in [5.74, 6) is 1.11. The maximum absolute atomic E-state index is 11.5. The number of hydrogen-bond donors (Lipinski definition) is 2. The molecule has 0 spiro atoms. The fourth-order valence-corrected chi connectivity index (χ4v) is 3.20. The van der Waals surface area contributed by atoms with Gasteiger partial charge in [-0.2, -0.15) is 0 Å². The highest BCUT2D eigenvalue weighted by atomic mass is 32.2. The molecule has 0 radical (unpaired) electrons. The summed E-state index contributed by atoms with van der Waals surface area (Å²) in [6, 6.07) is 7.61. The van der Waals surface area contributed by atoms with Crippen LogP contribution in [-0.4, -0.2) is 29.0 Å². The molecule has 1 heterocycles. The summed E-state index contributed by atoms with van der Waals surface area (Å²) in [6.45, 7) is 4.76. The highest BCUT2D eigenvalue weighted by Crippen LogP contribution is 2.23. The molecule has 2 amide bonds. The zero-order valence-electron chi connectivity index (χ0n) is 12.9. The minimum Gasteiger partial charge on any atom is -0.492 e. The number of nitrogens with one attached hydrogen (secondary N) is 1. The van der Waals surface area contributed by atoms with Crippen LogP contribution in [-0.2, 0) is 11.2 Å². The van der Waals surface area contributed by atoms with Gasteiger partial charge in [0.25, 0.3) is 5.24 Å². The molecular formula is C16H22N2O3S. The van der Waals surface area contributed by atoms with Crippen molar-refractivity contribution in [2.24, 2.45) is 11.7 Å². The Morgan fingerprint density at radius 3 is 2.50 bits per heavy atom. The van der Waals surface area contributed by atoms with Crippen LogP contribution in [0.2, 0.25) is 0 Å². The molecule has 0 saturated carbocycles. The largest absolute Gasteiger partial charge is 0.492 e. The lowest BCUT2D eigenvalue weighted by atomic mass is 10.1. The summed E-state index contributed by atoms with van der Waals surface area (Å²) in [5, 5.41) is 1.69. The summed E-state index contributed by atoms with van der Waals surface area (Å²) in [6.07, 6.45) is 1.47. The van der Waals surface area contributed by atoms with Crippen molar-refractivity contribution in [1.29, 1.82) is 0 Å². The average Bonchev–Trinajstić information content (AvgIpc) is 2.75. The van der Waals surface area contributed by atoms with E-state index in [4.69, 9.17) is 10.5 Å². The van der Waals surface area contributed by atoms with Gasteiger partial charge < -0.3 is 10.5 Å². The van der Waals surface area contributed by atoms with E-state index in [1.807, 2.05) is 24.3 Å². The minimum atomic E-state index is -0.335. The quantitative estimate of drug-likeness (QED) is 0.805. The van der Waals surface area contributed by atoms with Crippen LogP contribution >= 0.6 is 11.8 Å². The van der Waals surface area contributed by atoms with Gasteiger partial charge in [-0.1, -0.05) is 37.7 Å². The lowest BCUT2D eigenvalue weighted by Crippen LogP contribution is -2.29. The molecule has 2 atom stereocenters. The standard InChI is InChI=1S/C16H22N2O3S/c1-10(2)7-12(17)9-21-13-5-3-11(4-6-13)8-14-15(19)18-16(20)22-14/h3-6,10,12,14H,7-9,17H2,1-2H3,(H,18,19,20). The minimum absolute atomic E-state index is 0.0317. The van der Waals surface area contributed by atoms with Gasteiger partial charge in [0.2, 0.25) is 5.91 Å². The highest BCUT2D eigenvalue weighted by molar-refractivity contribution is 8.15. The van der Waals surface area contributed by atoms with E-state index < -0.39 is 0 Å². The van der Waals surface area contributed by atoms with E-state index in [1.54, 1.807) is 0 Å². The molecular weight excluding hydrogens is 300 g/mol. The maximum Gasteiger partial charge on any atom is 0.286 e. The van der Waals surface area contributed by atoms with E-state index in [0.29, 0.717) is 18.9 Å². The van der Waals surface area contributed by atoms with Gasteiger partial charge in [-0.25, -0.2) is 0 Å². The van der Waals surface area contributed by atoms with Crippen molar-refractivity contribution >= 4 is 22.9 Å². The van der Waals surface area contributed by atoms with Gasteiger partial charge in [-0.3, -0.25) is 14.9 Å². The number of rotatable bonds is 7. The van der Waals surface area contributed by atoms with Gasteiger partial charge in [0.05, 0.1) is 5.25 Å². The second kappa shape index (κ2) is 7.65. The summed E-state index contributed by atoms with van der Waals surface area (Å²) < 4.78 is 5.67. The fourth-order valence-electron chi connectivity index (χ4n) is 2.34. The van der Waals surface area contributed by atoms with Crippen molar-refractivity contribution in [2.45, 2.75) is 38.0 Å². The molecule has 120 valence electrons. The van der Waals surface area contributed by atoms with Crippen LogP contribution in [0.4, 0.5) is 4.79 Å². The zero-order chi connectivity index (χ0) is 16.1. The molecule has 22 heavy (non-hydrogen) atoms. The Morgan fingerprint density at radius 2 is 1.95 bits per heavy atom. The summed E-state index contributed by atoms with van der Waals surface area (Å²) in [7, 11) is 0. The van der Waals surface area contributed by atoms with Gasteiger partial charge in [-0.15, -0.1) is 0 Å². The van der Waals surface area contributed by atoms with Crippen molar-refractivity contribution < 1.29 is 14.3 Å². The number of imide groups is 1. The second-order valence-corrected chi connectivity index (χ2v) is 7.11. The Kier molecular flexibility index (Phi) is 5.85. The number of benzene rings is 1. The Bertz CT molecular complexity index is 531. The number of amides is 2. The van der Waals surface area contributed by atoms with Gasteiger partial charge in [0.1, 0.15) is 12.4 Å². The predicted molar refractivity (Wildman–Crippen MR) is 88.0 cm³/mol. The third kappa shape index (κ3) is 5.03. The Balaban J connectivity index is 1.83. The number of hydrogen-bond acceptors (Lipinski definition) is 5. The molecule has 3 N–H and O–H groups in total. The first-order chi connectivity index (χ1) is 10.4. The van der Waals surface area contributed by atoms with Gasteiger partial charge >= 0.3 is 0 Å². The molecule has 0 bridgehead atoms. The van der Waals surface area contributed by atoms with E-state index in [-0.39, 0.29) is 22.4 Å². The Hall–Kier alpha value is -1.53. The summed E-state index contributed by atoms with van der Waals surface area (Å²) >= 11 is 1.05. The molecule has 1 aromatic carbocycles. The van der Waals surface area contributed by atoms with Crippen LogP contribution in [0.15, 0.2) is 24.3 Å². The average molecular weight is 322 g/mol. The topological polar surface area (TPSA) is 81.4 Å². The van der Waals surface area contributed by atoms with Crippen LogP contribution in [0.3, 0.4) is 0 Å². The van der Waals surface area contributed by atoms with Gasteiger partial charge in [-0.05, 0) is 36.5 Å². The molecule has 1 aliphatic heterocycles. The molecule has 0 aliphatic carbocycles. The number of ether oxygens (including phenoxy) is 1. The number of carbonyl (C=O) groups is 2. The van der Waals surface area contributed by atoms with Crippen molar-refractivity contribution in [3.63, 3.8) is 0 Å². The molecule has 1 saturated heterocycles. The monoisotopic (exact) mass is 322 g/mol. The first-order valence-electron chi connectivity index (χ1n) is 7.43. The maximum atomic E-state index is 11.5. The SMILES string of the molecule is CC(C)CC(N)COc1ccc(CC2SC(=O)NC2=O)cc1. The van der Waals surface area contributed by atoms with Crippen LogP contribution in [0, 0.1) is 5.92 Å². The first kappa shape index (κ1) is 16.8. The second-order valence-electron chi connectivity index (χ2n) is 5.93. The van der Waals surface area contributed by atoms with Crippen molar-refractivity contribution in [2.75, 3.05) is 6.61 Å². The van der Waals surface area contributed by atoms with Gasteiger partial charge in [0, 0.05) is 6.04 Å². The lowest BCUT2D eigenvalue weighted by Gasteiger charge is -2.15. The lowest BCUT2D eigenvalue weighted by molar-refractivity contribution is -0.118. The third-order valence-corrected chi connectivity index (χ3v) is 4.33. The van der Waals surface area contributed by atoms with Crippen molar-refractivity contribution in [3.05, 3.63) is 29.8 Å². The normalized spacial score (nSPS) is 19.4. The van der Waals surface area contributed by atoms with E-state index in [2.05, 4.69) is 19.2 Å². The van der Waals surface area contributed by atoms with E-state index in [0.717, 1.165) is 29.5 Å². The smallest absolute Gasteiger partial charge is 0.286 e. The molecule has 6 heteroatoms. The summed E-state index contributed by atoms with van der Waals surface area (Å²) in [5.41, 5.74) is 6.99. The van der Waals surface area contributed by atoms with Crippen molar-refractivity contribution in [3.8, 4) is 5.75 Å². The molecule has 0 aromatic heterocycles. The van der Waals surface area contributed by atoms with Crippen molar-refractivity contribution in [1.82, 2.24) is 5.32 Å². The van der Waals surface area contributed by atoms with Crippen LogP contribution < -0.4 is 15.8 Å². The molecule has 2 unspecified atom stereocenters. The molecule has 5 nitrogen and oxygen atoms in total. The van der Waals surface area contributed by atoms with Crippen LogP contribution in [0.25, 0.3) is 0 Å².